The van der Waals surface area contributed by atoms with Gasteiger partial charge < -0.3 is 0 Å². The van der Waals surface area contributed by atoms with Crippen LogP contribution in [0.1, 0.15) is 23.4 Å². The topological polar surface area (TPSA) is 3.24 Å². The zero-order valence-electron chi connectivity index (χ0n) is 12.0. The van der Waals surface area contributed by atoms with Gasteiger partial charge in [-0.3, -0.25) is 0 Å². The van der Waals surface area contributed by atoms with Crippen molar-refractivity contribution in [3.05, 3.63) is 52.7 Å². The predicted octanol–water partition coefficient (Wildman–Crippen LogP) is 5.83. The first-order valence-electron chi connectivity index (χ1n) is 6.64. The molecule has 0 aliphatic rings. The number of hydrogen-bond acceptors (Lipinski definition) is 3. The van der Waals surface area contributed by atoms with Crippen LogP contribution in [-0.2, 0) is 0 Å². The number of alkyl halides is 3. The van der Waals surface area contributed by atoms with Gasteiger partial charge >= 0.3 is 6.18 Å². The van der Waals surface area contributed by atoms with Gasteiger partial charge in [-0.05, 0) is 48.7 Å². The van der Waals surface area contributed by atoms with E-state index in [1.807, 2.05) is 19.1 Å². The molecule has 0 radical (unpaired) electrons. The second-order valence-corrected chi connectivity index (χ2v) is 7.32. The smallest absolute Gasteiger partial charge is 0.230 e. The number of rotatable bonds is 5. The van der Waals surface area contributed by atoms with Gasteiger partial charge in [0, 0.05) is 11.4 Å². The Morgan fingerprint density at radius 1 is 1.14 bits per heavy atom. The van der Waals surface area contributed by atoms with Crippen LogP contribution < -0.4 is 0 Å². The van der Waals surface area contributed by atoms with Crippen molar-refractivity contribution >= 4 is 23.3 Å². The third-order valence-corrected chi connectivity index (χ3v) is 5.31. The summed E-state index contributed by atoms with van der Waals surface area (Å²) in [5, 5.41) is 0. The molecule has 0 aliphatic carbocycles. The summed E-state index contributed by atoms with van der Waals surface area (Å²) in [6.45, 7) is 3.80. The molecule has 0 aliphatic heterocycles. The standard InChI is InChI=1S/C15H15F4NS2/c1-3-20(22-13-9-4-10(2)21-13)14(15(17,18)19)11-5-7-12(16)8-6-11/h4-9,14H,3H2,1-2H3/t14-/m1/s1. The first-order chi connectivity index (χ1) is 10.3. The van der Waals surface area contributed by atoms with Gasteiger partial charge in [-0.25, -0.2) is 8.70 Å². The van der Waals surface area contributed by atoms with Crippen LogP contribution in [0.5, 0.6) is 0 Å². The Bertz CT molecular complexity index is 607. The molecule has 1 atom stereocenters. The molecule has 2 aromatic rings. The Hall–Kier alpha value is -1.05. The van der Waals surface area contributed by atoms with Crippen molar-refractivity contribution in [1.29, 1.82) is 0 Å². The van der Waals surface area contributed by atoms with Crippen LogP contribution in [0.25, 0.3) is 0 Å². The van der Waals surface area contributed by atoms with E-state index in [4.69, 9.17) is 0 Å². The minimum absolute atomic E-state index is 0.0385. The molecule has 0 saturated heterocycles. The fraction of sp³-hybridized carbons (Fsp3) is 0.333. The van der Waals surface area contributed by atoms with E-state index in [1.54, 1.807) is 6.92 Å². The number of aryl methyl sites for hydroxylation is 1. The monoisotopic (exact) mass is 349 g/mol. The first-order valence-corrected chi connectivity index (χ1v) is 8.23. The van der Waals surface area contributed by atoms with Gasteiger partial charge in [0.1, 0.15) is 11.9 Å². The summed E-state index contributed by atoms with van der Waals surface area (Å²) in [5.41, 5.74) is 0.0385. The second kappa shape index (κ2) is 7.02. The molecule has 0 fully saturated rings. The van der Waals surface area contributed by atoms with Gasteiger partial charge in [0.2, 0.25) is 0 Å². The molecule has 0 spiro atoms. The van der Waals surface area contributed by atoms with Crippen LogP contribution in [0, 0.1) is 12.7 Å². The number of hydrogen-bond donors (Lipinski definition) is 0. The lowest BCUT2D eigenvalue weighted by Gasteiger charge is -2.31. The zero-order valence-corrected chi connectivity index (χ0v) is 13.7. The number of halogens is 4. The molecule has 0 bridgehead atoms. The summed E-state index contributed by atoms with van der Waals surface area (Å²) in [7, 11) is 0. The Morgan fingerprint density at radius 3 is 2.23 bits per heavy atom. The van der Waals surface area contributed by atoms with Gasteiger partial charge in [-0.2, -0.15) is 13.2 Å². The summed E-state index contributed by atoms with van der Waals surface area (Å²) in [5.74, 6) is -0.547. The zero-order chi connectivity index (χ0) is 16.3. The molecule has 0 N–H and O–H groups in total. The van der Waals surface area contributed by atoms with Crippen molar-refractivity contribution in [2.75, 3.05) is 6.54 Å². The van der Waals surface area contributed by atoms with Crippen LogP contribution >= 0.6 is 23.3 Å². The summed E-state index contributed by atoms with van der Waals surface area (Å²) in [4.78, 5) is 1.05. The Labute approximate surface area is 135 Å². The number of nitrogens with zero attached hydrogens (tertiary/aromatic N) is 1. The van der Waals surface area contributed by atoms with Crippen molar-refractivity contribution in [1.82, 2.24) is 4.31 Å². The van der Waals surface area contributed by atoms with Crippen molar-refractivity contribution < 1.29 is 17.6 Å². The van der Waals surface area contributed by atoms with E-state index in [2.05, 4.69) is 0 Å². The lowest BCUT2D eigenvalue weighted by molar-refractivity contribution is -0.172. The average molecular weight is 349 g/mol. The molecule has 0 saturated carbocycles. The summed E-state index contributed by atoms with van der Waals surface area (Å²) in [6, 6.07) is 6.41. The van der Waals surface area contributed by atoms with Gasteiger partial charge in [0.05, 0.1) is 4.21 Å². The van der Waals surface area contributed by atoms with E-state index in [0.29, 0.717) is 0 Å². The van der Waals surface area contributed by atoms with Gasteiger partial charge in [-0.1, -0.05) is 19.1 Å². The molecule has 7 heteroatoms. The molecule has 2 rings (SSSR count). The third-order valence-electron chi connectivity index (χ3n) is 3.02. The van der Waals surface area contributed by atoms with Crippen LogP contribution in [0.4, 0.5) is 17.6 Å². The SMILES string of the molecule is CCN(Sc1ccc(C)s1)[C@H](c1ccc(F)cc1)C(F)(F)F. The van der Waals surface area contributed by atoms with E-state index in [-0.39, 0.29) is 12.1 Å². The average Bonchev–Trinajstić information content (AvgIpc) is 2.84. The molecule has 0 amide bonds. The van der Waals surface area contributed by atoms with E-state index in [9.17, 15) is 17.6 Å². The molecule has 120 valence electrons. The molecule has 22 heavy (non-hydrogen) atoms. The van der Waals surface area contributed by atoms with E-state index in [0.717, 1.165) is 33.2 Å². The largest absolute Gasteiger partial charge is 0.408 e. The predicted molar refractivity (Wildman–Crippen MR) is 82.5 cm³/mol. The molecular formula is C15H15F4NS2. The highest BCUT2D eigenvalue weighted by molar-refractivity contribution is 7.98. The van der Waals surface area contributed by atoms with Crippen LogP contribution in [0.15, 0.2) is 40.6 Å². The summed E-state index contributed by atoms with van der Waals surface area (Å²) < 4.78 is 55.6. The van der Waals surface area contributed by atoms with Gasteiger partial charge in [0.15, 0.2) is 0 Å². The maximum absolute atomic E-state index is 13.5. The van der Waals surface area contributed by atoms with Crippen molar-refractivity contribution in [2.24, 2.45) is 0 Å². The van der Waals surface area contributed by atoms with E-state index < -0.39 is 18.0 Å². The Balaban J connectivity index is 2.31. The maximum Gasteiger partial charge on any atom is 0.408 e. The van der Waals surface area contributed by atoms with Gasteiger partial charge in [-0.15, -0.1) is 11.3 Å². The number of thiophene rings is 1. The minimum atomic E-state index is -4.44. The molecule has 1 aromatic carbocycles. The van der Waals surface area contributed by atoms with Crippen molar-refractivity contribution in [3.8, 4) is 0 Å². The molecule has 1 aromatic heterocycles. The fourth-order valence-corrected chi connectivity index (χ4v) is 4.30. The highest BCUT2D eigenvalue weighted by Gasteiger charge is 2.44. The second-order valence-electron chi connectivity index (χ2n) is 4.69. The van der Waals surface area contributed by atoms with Crippen molar-refractivity contribution in [3.63, 3.8) is 0 Å². The highest BCUT2D eigenvalue weighted by Crippen LogP contribution is 2.43. The van der Waals surface area contributed by atoms with E-state index >= 15 is 0 Å². The Morgan fingerprint density at radius 2 is 1.77 bits per heavy atom. The maximum atomic E-state index is 13.5. The quantitative estimate of drug-likeness (QED) is 0.494. The van der Waals surface area contributed by atoms with Crippen LogP contribution in [0.2, 0.25) is 0 Å². The molecule has 1 heterocycles. The molecular weight excluding hydrogens is 334 g/mol. The minimum Gasteiger partial charge on any atom is -0.230 e. The van der Waals surface area contributed by atoms with Crippen LogP contribution in [-0.4, -0.2) is 17.0 Å². The van der Waals surface area contributed by atoms with Crippen LogP contribution in [0.3, 0.4) is 0 Å². The summed E-state index contributed by atoms with van der Waals surface area (Å²) >= 11 is 2.53. The lowest BCUT2D eigenvalue weighted by atomic mass is 10.1. The molecule has 0 unspecified atom stereocenters. The number of benzene rings is 1. The lowest BCUT2D eigenvalue weighted by Crippen LogP contribution is -2.34. The normalized spacial score (nSPS) is 13.6. The third kappa shape index (κ3) is 4.24. The van der Waals surface area contributed by atoms with E-state index in [1.165, 1.54) is 27.8 Å². The molecule has 1 nitrogen and oxygen atoms in total. The van der Waals surface area contributed by atoms with Crippen molar-refractivity contribution in [2.45, 2.75) is 30.3 Å². The van der Waals surface area contributed by atoms with Gasteiger partial charge in [0.25, 0.3) is 0 Å². The summed E-state index contributed by atoms with van der Waals surface area (Å²) in [6.07, 6.45) is -4.44. The Kier molecular flexibility index (Phi) is 5.52. The fourth-order valence-electron chi connectivity index (χ4n) is 2.04. The first kappa shape index (κ1) is 17.3. The highest BCUT2D eigenvalue weighted by atomic mass is 32.2.